The van der Waals surface area contributed by atoms with E-state index < -0.39 is 15.8 Å². The number of oxazole rings is 1. The number of aryl methyl sites for hydroxylation is 3. The predicted molar refractivity (Wildman–Crippen MR) is 125 cm³/mol. The van der Waals surface area contributed by atoms with Gasteiger partial charge in [0.15, 0.2) is 5.58 Å². The van der Waals surface area contributed by atoms with E-state index in [9.17, 15) is 18.0 Å². The largest absolute Gasteiger partial charge is 0.419 e. The first kappa shape index (κ1) is 23.3. The monoisotopic (exact) mass is 471 g/mol. The molecule has 9 heteroatoms. The van der Waals surface area contributed by atoms with E-state index in [-0.39, 0.29) is 29.4 Å². The summed E-state index contributed by atoms with van der Waals surface area (Å²) in [6.45, 7) is 5.70. The molecule has 1 aliphatic rings. The van der Waals surface area contributed by atoms with Crippen LogP contribution < -0.4 is 5.76 Å². The van der Waals surface area contributed by atoms with Gasteiger partial charge in [-0.1, -0.05) is 23.8 Å². The van der Waals surface area contributed by atoms with E-state index >= 15 is 0 Å². The summed E-state index contributed by atoms with van der Waals surface area (Å²) in [7, 11) is -1.86. The van der Waals surface area contributed by atoms with Crippen LogP contribution in [0, 0.1) is 13.8 Å². The quantitative estimate of drug-likeness (QED) is 0.528. The molecule has 1 aromatic heterocycles. The van der Waals surface area contributed by atoms with Crippen LogP contribution in [0.4, 0.5) is 0 Å². The molecule has 1 aliphatic heterocycles. The number of hydrogen-bond donors (Lipinski definition) is 0. The number of benzene rings is 2. The molecule has 0 radical (unpaired) electrons. The number of carbonyl (C=O) groups is 1. The van der Waals surface area contributed by atoms with Gasteiger partial charge in [0.2, 0.25) is 15.9 Å². The SMILES string of the molecule is Cc1ccc(CN(C)C(=O)CCn2c(=O)oc3cc(S(=O)(=O)N4CCCC4)ccc32)c(C)c1. The highest BCUT2D eigenvalue weighted by Gasteiger charge is 2.28. The van der Waals surface area contributed by atoms with Gasteiger partial charge in [-0.15, -0.1) is 0 Å². The molecule has 0 atom stereocenters. The number of aromatic nitrogens is 1. The van der Waals surface area contributed by atoms with E-state index in [0.29, 0.717) is 25.2 Å². The van der Waals surface area contributed by atoms with Crippen molar-refractivity contribution in [2.45, 2.75) is 51.1 Å². The molecule has 0 aliphatic carbocycles. The molecule has 1 saturated heterocycles. The van der Waals surface area contributed by atoms with Gasteiger partial charge in [0.05, 0.1) is 10.4 Å². The second-order valence-corrected chi connectivity index (χ2v) is 10.6. The van der Waals surface area contributed by atoms with E-state index in [4.69, 9.17) is 4.42 Å². The van der Waals surface area contributed by atoms with Crippen molar-refractivity contribution in [3.05, 3.63) is 63.6 Å². The standard InChI is InChI=1S/C24H29N3O5S/c1-17-6-7-19(18(2)14-17)16-25(3)23(28)10-13-27-21-9-8-20(15-22(21)32-24(27)29)33(30,31)26-11-4-5-12-26/h6-9,14-15H,4-5,10-13,16H2,1-3H3. The number of fused-ring (bicyclic) bond motifs is 1. The highest BCUT2D eigenvalue weighted by molar-refractivity contribution is 7.89. The van der Waals surface area contributed by atoms with Crippen LogP contribution in [0.25, 0.3) is 11.1 Å². The second-order valence-electron chi connectivity index (χ2n) is 8.69. The summed E-state index contributed by atoms with van der Waals surface area (Å²) in [5.41, 5.74) is 4.06. The Morgan fingerprint density at radius 2 is 1.82 bits per heavy atom. The van der Waals surface area contributed by atoms with Gasteiger partial charge in [0.1, 0.15) is 0 Å². The number of sulfonamides is 1. The summed E-state index contributed by atoms with van der Waals surface area (Å²) >= 11 is 0. The number of carbonyl (C=O) groups excluding carboxylic acids is 1. The summed E-state index contributed by atoms with van der Waals surface area (Å²) in [5.74, 6) is -0.699. The first-order valence-corrected chi connectivity index (χ1v) is 12.5. The molecule has 2 aromatic carbocycles. The molecule has 0 saturated carbocycles. The zero-order chi connectivity index (χ0) is 23.8. The van der Waals surface area contributed by atoms with Crippen LogP contribution in [0.15, 0.2) is 50.5 Å². The molecule has 176 valence electrons. The molecule has 0 unspecified atom stereocenters. The molecular weight excluding hydrogens is 442 g/mol. The minimum Gasteiger partial charge on any atom is -0.408 e. The summed E-state index contributed by atoms with van der Waals surface area (Å²) in [5, 5.41) is 0. The van der Waals surface area contributed by atoms with Gasteiger partial charge < -0.3 is 9.32 Å². The lowest BCUT2D eigenvalue weighted by Gasteiger charge is -2.19. The van der Waals surface area contributed by atoms with Crippen molar-refractivity contribution >= 4 is 27.0 Å². The fourth-order valence-electron chi connectivity index (χ4n) is 4.26. The number of nitrogens with zero attached hydrogens (tertiary/aromatic N) is 3. The summed E-state index contributed by atoms with van der Waals surface area (Å²) in [6.07, 6.45) is 1.82. The second kappa shape index (κ2) is 9.15. The Labute approximate surface area is 193 Å². The van der Waals surface area contributed by atoms with Gasteiger partial charge in [-0.3, -0.25) is 9.36 Å². The lowest BCUT2D eigenvalue weighted by atomic mass is 10.1. The minimum absolute atomic E-state index is 0.0931. The van der Waals surface area contributed by atoms with E-state index in [1.807, 2.05) is 26.0 Å². The summed E-state index contributed by atoms with van der Waals surface area (Å²) in [6, 6.07) is 10.6. The zero-order valence-electron chi connectivity index (χ0n) is 19.2. The van der Waals surface area contributed by atoms with Gasteiger partial charge in [0.25, 0.3) is 0 Å². The summed E-state index contributed by atoms with van der Waals surface area (Å²) in [4.78, 5) is 26.9. The molecule has 2 heterocycles. The topological polar surface area (TPSA) is 92.8 Å². The molecule has 8 nitrogen and oxygen atoms in total. The van der Waals surface area contributed by atoms with Crippen molar-refractivity contribution in [1.82, 2.24) is 13.8 Å². The maximum Gasteiger partial charge on any atom is 0.419 e. The van der Waals surface area contributed by atoms with Crippen LogP contribution in [-0.4, -0.2) is 48.2 Å². The highest BCUT2D eigenvalue weighted by atomic mass is 32.2. The highest BCUT2D eigenvalue weighted by Crippen LogP contribution is 2.24. The minimum atomic E-state index is -3.61. The number of amides is 1. The molecule has 1 fully saturated rings. The van der Waals surface area contributed by atoms with E-state index in [2.05, 4.69) is 6.07 Å². The Morgan fingerprint density at radius 1 is 1.09 bits per heavy atom. The van der Waals surface area contributed by atoms with Gasteiger partial charge in [-0.2, -0.15) is 4.31 Å². The lowest BCUT2D eigenvalue weighted by molar-refractivity contribution is -0.130. The van der Waals surface area contributed by atoms with Crippen molar-refractivity contribution in [3.8, 4) is 0 Å². The smallest absolute Gasteiger partial charge is 0.408 e. The van der Waals surface area contributed by atoms with Crippen molar-refractivity contribution in [2.24, 2.45) is 0 Å². The number of rotatable bonds is 7. The molecule has 33 heavy (non-hydrogen) atoms. The van der Waals surface area contributed by atoms with E-state index in [0.717, 1.165) is 24.0 Å². The van der Waals surface area contributed by atoms with Crippen molar-refractivity contribution in [1.29, 1.82) is 0 Å². The van der Waals surface area contributed by atoms with Crippen LogP contribution in [0.2, 0.25) is 0 Å². The Bertz CT molecular complexity index is 1350. The Kier molecular flexibility index (Phi) is 6.45. The van der Waals surface area contributed by atoms with Crippen LogP contribution in [0.1, 0.15) is 36.0 Å². The molecule has 0 bridgehead atoms. The fraction of sp³-hybridized carbons (Fsp3) is 0.417. The first-order valence-electron chi connectivity index (χ1n) is 11.1. The van der Waals surface area contributed by atoms with E-state index in [1.54, 1.807) is 18.0 Å². The van der Waals surface area contributed by atoms with Crippen molar-refractivity contribution in [2.75, 3.05) is 20.1 Å². The molecule has 0 spiro atoms. The maximum atomic E-state index is 12.8. The summed E-state index contributed by atoms with van der Waals surface area (Å²) < 4.78 is 33.7. The lowest BCUT2D eigenvalue weighted by Crippen LogP contribution is -2.28. The third-order valence-electron chi connectivity index (χ3n) is 6.22. The Hall–Kier alpha value is -2.91. The van der Waals surface area contributed by atoms with Crippen molar-refractivity contribution < 1.29 is 17.6 Å². The van der Waals surface area contributed by atoms with Gasteiger partial charge >= 0.3 is 5.76 Å². The van der Waals surface area contributed by atoms with Crippen LogP contribution in [0.3, 0.4) is 0 Å². The fourth-order valence-corrected chi connectivity index (χ4v) is 5.79. The zero-order valence-corrected chi connectivity index (χ0v) is 20.0. The van der Waals surface area contributed by atoms with Gasteiger partial charge in [-0.25, -0.2) is 13.2 Å². The van der Waals surface area contributed by atoms with Crippen LogP contribution in [0.5, 0.6) is 0 Å². The van der Waals surface area contributed by atoms with E-state index in [1.165, 1.54) is 26.6 Å². The molecular formula is C24H29N3O5S. The van der Waals surface area contributed by atoms with Crippen molar-refractivity contribution in [3.63, 3.8) is 0 Å². The van der Waals surface area contributed by atoms with Crippen LogP contribution in [-0.2, 0) is 27.9 Å². The Balaban J connectivity index is 1.48. The average Bonchev–Trinajstić information content (AvgIpc) is 3.41. The molecule has 0 N–H and O–H groups in total. The molecule has 4 rings (SSSR count). The first-order chi connectivity index (χ1) is 15.7. The van der Waals surface area contributed by atoms with Crippen LogP contribution >= 0.6 is 0 Å². The molecule has 1 amide bonds. The average molecular weight is 472 g/mol. The van der Waals surface area contributed by atoms with Gasteiger partial charge in [0, 0.05) is 45.7 Å². The number of hydrogen-bond acceptors (Lipinski definition) is 5. The third-order valence-corrected chi connectivity index (χ3v) is 8.12. The third kappa shape index (κ3) is 4.74. The Morgan fingerprint density at radius 3 is 2.52 bits per heavy atom. The normalized spacial score (nSPS) is 14.8. The van der Waals surface area contributed by atoms with Gasteiger partial charge in [-0.05, 0) is 49.9 Å². The molecule has 3 aromatic rings. The predicted octanol–water partition coefficient (Wildman–Crippen LogP) is 3.04. The maximum absolute atomic E-state index is 12.8.